The van der Waals surface area contributed by atoms with Crippen LogP contribution in [0.2, 0.25) is 0 Å². The van der Waals surface area contributed by atoms with Crippen molar-refractivity contribution in [1.82, 2.24) is 0 Å². The standard InChI is InChI=1S/C39H64O10/c1-21(2)23(5)11-18-39(10,46)26-13-17-38(9)31(26)27(48-35-34(47-24(6)41)33(45)32(44)28(20-40)49-35)19-29-36(7,15-14-30(42)43)25(22(3)4)12-16-37(29,38)8/h21,25-29,31-35,40,44-46H,3,5,11-20H2,1-2,4,6-10H3,(H,42,43). The molecule has 3 aliphatic carbocycles. The zero-order valence-electron chi connectivity index (χ0n) is 31.1. The molecule has 4 aliphatic rings. The van der Waals surface area contributed by atoms with Crippen LogP contribution in [-0.4, -0.2) is 86.5 Å². The van der Waals surface area contributed by atoms with Crippen molar-refractivity contribution < 1.29 is 49.3 Å². The lowest BCUT2D eigenvalue weighted by Crippen LogP contribution is -2.66. The number of hydrogen-bond donors (Lipinski definition) is 5. The monoisotopic (exact) mass is 692 g/mol. The average Bonchev–Trinajstić information content (AvgIpc) is 3.39. The molecule has 1 saturated heterocycles. The van der Waals surface area contributed by atoms with E-state index in [-0.39, 0.29) is 40.9 Å². The summed E-state index contributed by atoms with van der Waals surface area (Å²) in [6.45, 7) is 24.3. The maximum atomic E-state index is 12.3. The molecule has 0 spiro atoms. The van der Waals surface area contributed by atoms with E-state index in [0.717, 1.165) is 36.8 Å². The highest BCUT2D eigenvalue weighted by molar-refractivity contribution is 5.67. The third-order valence-electron chi connectivity index (χ3n) is 14.1. The summed E-state index contributed by atoms with van der Waals surface area (Å²) in [5, 5.41) is 54.0. The summed E-state index contributed by atoms with van der Waals surface area (Å²) in [6.07, 6.45) is -1.76. The molecule has 0 aromatic rings. The lowest BCUT2D eigenvalue weighted by Gasteiger charge is -2.68. The van der Waals surface area contributed by atoms with Crippen LogP contribution in [0.4, 0.5) is 0 Å². The number of carbonyl (C=O) groups is 2. The first-order valence-corrected chi connectivity index (χ1v) is 18.4. The molecule has 14 atom stereocenters. The minimum Gasteiger partial charge on any atom is -0.481 e. The maximum Gasteiger partial charge on any atom is 0.303 e. The van der Waals surface area contributed by atoms with Crippen LogP contribution >= 0.6 is 0 Å². The van der Waals surface area contributed by atoms with Crippen molar-refractivity contribution in [2.24, 2.45) is 45.8 Å². The van der Waals surface area contributed by atoms with Gasteiger partial charge in [0.2, 0.25) is 0 Å². The summed E-state index contributed by atoms with van der Waals surface area (Å²) in [4.78, 5) is 24.2. The molecule has 49 heavy (non-hydrogen) atoms. The lowest BCUT2D eigenvalue weighted by molar-refractivity contribution is -0.334. The van der Waals surface area contributed by atoms with Crippen LogP contribution in [0.15, 0.2) is 24.3 Å². The molecule has 0 radical (unpaired) electrons. The fourth-order valence-electron chi connectivity index (χ4n) is 11.0. The van der Waals surface area contributed by atoms with Gasteiger partial charge in [-0.25, -0.2) is 0 Å². The summed E-state index contributed by atoms with van der Waals surface area (Å²) < 4.78 is 18.5. The normalized spacial score (nSPS) is 43.3. The number of fused-ring (bicyclic) bond motifs is 3. The molecule has 10 heteroatoms. The van der Waals surface area contributed by atoms with Crippen LogP contribution in [-0.2, 0) is 23.8 Å². The minimum atomic E-state index is -1.56. The highest BCUT2D eigenvalue weighted by Gasteiger charge is 2.70. The first-order chi connectivity index (χ1) is 22.6. The smallest absolute Gasteiger partial charge is 0.303 e. The average molecular weight is 693 g/mol. The Morgan fingerprint density at radius 1 is 1.02 bits per heavy atom. The summed E-state index contributed by atoms with van der Waals surface area (Å²) in [5.74, 6) is -1.45. The van der Waals surface area contributed by atoms with Crippen molar-refractivity contribution in [3.8, 4) is 0 Å². The zero-order valence-corrected chi connectivity index (χ0v) is 31.1. The van der Waals surface area contributed by atoms with Gasteiger partial charge in [0.15, 0.2) is 12.4 Å². The van der Waals surface area contributed by atoms with Crippen molar-refractivity contribution in [2.75, 3.05) is 6.61 Å². The molecule has 1 aliphatic heterocycles. The predicted molar refractivity (Wildman–Crippen MR) is 185 cm³/mol. The van der Waals surface area contributed by atoms with Gasteiger partial charge in [-0.3, -0.25) is 9.59 Å². The van der Waals surface area contributed by atoms with Crippen LogP contribution in [0.5, 0.6) is 0 Å². The molecule has 5 N–H and O–H groups in total. The first kappa shape index (κ1) is 40.0. The molecule has 4 fully saturated rings. The number of ether oxygens (including phenoxy) is 3. The SMILES string of the molecule is C=C(CCC(C)(O)C1CCC2(C)C1C(OC1OC(CO)C(O)C(O)C1OC(C)=O)CC1C(C)(CCC(=O)O)C(C(=C)C)CCC12C)C(C)C. The molecule has 1 heterocycles. The van der Waals surface area contributed by atoms with E-state index in [1.54, 1.807) is 0 Å². The van der Waals surface area contributed by atoms with Gasteiger partial charge < -0.3 is 39.7 Å². The molecule has 0 bridgehead atoms. The molecule has 0 aromatic heterocycles. The van der Waals surface area contributed by atoms with Crippen LogP contribution in [0.3, 0.4) is 0 Å². The van der Waals surface area contributed by atoms with E-state index in [2.05, 4.69) is 47.8 Å². The van der Waals surface area contributed by atoms with Crippen LogP contribution in [0.1, 0.15) is 113 Å². The van der Waals surface area contributed by atoms with Gasteiger partial charge in [0.25, 0.3) is 0 Å². The number of carboxylic acids is 1. The molecule has 14 unspecified atom stereocenters. The number of aliphatic hydroxyl groups excluding tert-OH is 3. The van der Waals surface area contributed by atoms with Crippen LogP contribution < -0.4 is 0 Å². The van der Waals surface area contributed by atoms with Crippen molar-refractivity contribution in [2.45, 2.75) is 156 Å². The van der Waals surface area contributed by atoms with E-state index in [9.17, 15) is 35.1 Å². The maximum absolute atomic E-state index is 12.3. The van der Waals surface area contributed by atoms with Gasteiger partial charge in [0.1, 0.15) is 18.3 Å². The van der Waals surface area contributed by atoms with E-state index in [1.165, 1.54) is 6.92 Å². The Hall–Kier alpha value is -1.82. The first-order valence-electron chi connectivity index (χ1n) is 18.4. The summed E-state index contributed by atoms with van der Waals surface area (Å²) in [5.41, 5.74) is 0.0712. The minimum absolute atomic E-state index is 0.00499. The zero-order chi connectivity index (χ0) is 36.9. The Bertz CT molecular complexity index is 1250. The Morgan fingerprint density at radius 2 is 1.65 bits per heavy atom. The van der Waals surface area contributed by atoms with Crippen molar-refractivity contribution >= 4 is 11.9 Å². The highest BCUT2D eigenvalue weighted by Crippen LogP contribution is 2.74. The molecular weight excluding hydrogens is 628 g/mol. The quantitative estimate of drug-likeness (QED) is 0.0960. The fourth-order valence-corrected chi connectivity index (χ4v) is 11.0. The largest absolute Gasteiger partial charge is 0.481 e. The summed E-state index contributed by atoms with van der Waals surface area (Å²) >= 11 is 0. The van der Waals surface area contributed by atoms with Crippen molar-refractivity contribution in [3.63, 3.8) is 0 Å². The topological polar surface area (TPSA) is 163 Å². The Labute approximate surface area is 293 Å². The second kappa shape index (κ2) is 14.7. The Morgan fingerprint density at radius 3 is 2.20 bits per heavy atom. The predicted octanol–water partition coefficient (Wildman–Crippen LogP) is 5.40. The molecule has 280 valence electrons. The molecule has 3 saturated carbocycles. The number of allylic oxidation sites excluding steroid dienone is 2. The van der Waals surface area contributed by atoms with Gasteiger partial charge in [-0.1, -0.05) is 58.9 Å². The highest BCUT2D eigenvalue weighted by atomic mass is 16.7. The number of esters is 1. The van der Waals surface area contributed by atoms with E-state index < -0.39 is 66.4 Å². The number of aliphatic hydroxyl groups is 4. The number of carboxylic acid groups (broad SMARTS) is 1. The van der Waals surface area contributed by atoms with Gasteiger partial charge in [0.05, 0.1) is 18.3 Å². The number of aliphatic carboxylic acids is 1. The molecular formula is C39H64O10. The van der Waals surface area contributed by atoms with Crippen LogP contribution in [0.25, 0.3) is 0 Å². The van der Waals surface area contributed by atoms with E-state index in [4.69, 9.17) is 14.2 Å². The Balaban J connectivity index is 1.84. The summed E-state index contributed by atoms with van der Waals surface area (Å²) in [6, 6.07) is 0. The van der Waals surface area contributed by atoms with Gasteiger partial charge in [-0.05, 0) is 111 Å². The number of rotatable bonds is 13. The van der Waals surface area contributed by atoms with Gasteiger partial charge >= 0.3 is 11.9 Å². The lowest BCUT2D eigenvalue weighted by atomic mass is 9.37. The number of hydrogen-bond acceptors (Lipinski definition) is 9. The molecule has 4 rings (SSSR count). The summed E-state index contributed by atoms with van der Waals surface area (Å²) in [7, 11) is 0. The third-order valence-corrected chi connectivity index (χ3v) is 14.1. The van der Waals surface area contributed by atoms with Crippen LogP contribution in [0, 0.1) is 45.8 Å². The van der Waals surface area contributed by atoms with E-state index in [1.807, 2.05) is 13.8 Å². The fraction of sp³-hybridized carbons (Fsp3) is 0.846. The molecule has 0 aromatic carbocycles. The van der Waals surface area contributed by atoms with E-state index in [0.29, 0.717) is 31.6 Å². The second-order valence-corrected chi connectivity index (χ2v) is 17.3. The van der Waals surface area contributed by atoms with E-state index >= 15 is 0 Å². The van der Waals surface area contributed by atoms with Gasteiger partial charge in [0, 0.05) is 13.3 Å². The third kappa shape index (κ3) is 7.29. The molecule has 0 amide bonds. The van der Waals surface area contributed by atoms with Crippen molar-refractivity contribution in [3.05, 3.63) is 24.3 Å². The number of carbonyl (C=O) groups excluding carboxylic acids is 1. The van der Waals surface area contributed by atoms with Gasteiger partial charge in [-0.15, -0.1) is 0 Å². The molecule has 10 nitrogen and oxygen atoms in total. The van der Waals surface area contributed by atoms with Crippen molar-refractivity contribution in [1.29, 1.82) is 0 Å². The second-order valence-electron chi connectivity index (χ2n) is 17.3. The Kier molecular flexibility index (Phi) is 12.0. The van der Waals surface area contributed by atoms with Gasteiger partial charge in [-0.2, -0.15) is 0 Å².